The monoisotopic (exact) mass is 319 g/mol. The second-order valence-electron chi connectivity index (χ2n) is 0.685. The van der Waals surface area contributed by atoms with Crippen LogP contribution in [0.2, 0.25) is 0 Å². The fourth-order valence-corrected chi connectivity index (χ4v) is 0.431. The molecule has 46 valence electrons. The molecule has 0 spiro atoms. The van der Waals surface area contributed by atoms with Crippen molar-refractivity contribution in [1.82, 2.24) is 0 Å². The molecule has 0 aliphatic rings. The number of hydrogen-bond acceptors (Lipinski definition) is 0. The summed E-state index contributed by atoms with van der Waals surface area (Å²) in [6.07, 6.45) is 0. The van der Waals surface area contributed by atoms with Crippen molar-refractivity contribution in [2.24, 2.45) is 0 Å². The molecule has 0 unspecified atom stereocenters. The Hall–Kier alpha value is 0.748. The fourth-order valence-electron chi connectivity index (χ4n) is 0.0527. The van der Waals surface area contributed by atoms with Crippen LogP contribution in [0.1, 0.15) is 0 Å². The summed E-state index contributed by atoms with van der Waals surface area (Å²) in [4.78, 5) is 0. The minimum atomic E-state index is -2.55. The maximum absolute atomic E-state index is 5.61. The van der Waals surface area contributed by atoms with Gasteiger partial charge in [0.1, 0.15) is 0 Å². The van der Waals surface area contributed by atoms with Gasteiger partial charge in [-0.05, 0) is 0 Å². The van der Waals surface area contributed by atoms with Gasteiger partial charge in [-0.1, -0.05) is 0 Å². The van der Waals surface area contributed by atoms with Gasteiger partial charge < -0.3 is 0 Å². The molecule has 0 amide bonds. The Bertz CT molecular complexity index is 77.7. The molecule has 0 aromatic heterocycles. The van der Waals surface area contributed by atoms with Gasteiger partial charge in [-0.3, -0.25) is 0 Å². The van der Waals surface area contributed by atoms with E-state index in [-0.39, 0.29) is 0 Å². The summed E-state index contributed by atoms with van der Waals surface area (Å²) in [5, 5.41) is 0. The standard InChI is InChI=1S/2C2H3.2ClH.Pt/c2*1-2;;;/h2*1H,2H2;2*1H;/q;;;;+2/p-2. The van der Waals surface area contributed by atoms with Gasteiger partial charge in [0.2, 0.25) is 0 Å². The van der Waals surface area contributed by atoms with Crippen LogP contribution in [0.25, 0.3) is 0 Å². The third-order valence-corrected chi connectivity index (χ3v) is 6.01. The van der Waals surface area contributed by atoms with Crippen LogP contribution in [0.4, 0.5) is 0 Å². The summed E-state index contributed by atoms with van der Waals surface area (Å²) in [6, 6.07) is 0. The van der Waals surface area contributed by atoms with Crippen molar-refractivity contribution in [2.75, 3.05) is 0 Å². The second kappa shape index (κ2) is 2.91. The predicted molar refractivity (Wildman–Crippen MR) is 32.1 cm³/mol. The van der Waals surface area contributed by atoms with Crippen LogP contribution in [-0.2, 0) is 14.0 Å². The molecule has 7 heavy (non-hydrogen) atoms. The van der Waals surface area contributed by atoms with Gasteiger partial charge >= 0.3 is 54.9 Å². The van der Waals surface area contributed by atoms with E-state index >= 15 is 0 Å². The molecule has 0 aromatic rings. The van der Waals surface area contributed by atoms with Crippen LogP contribution < -0.4 is 0 Å². The van der Waals surface area contributed by atoms with E-state index in [0.717, 1.165) is 0 Å². The van der Waals surface area contributed by atoms with E-state index in [1.165, 1.54) is 0 Å². The normalized spacial score (nSPS) is 12.9. The Morgan fingerprint density at radius 3 is 1.43 bits per heavy atom. The molecule has 0 fully saturated rings. The van der Waals surface area contributed by atoms with Crippen molar-refractivity contribution in [3.05, 3.63) is 22.1 Å². The first-order valence-electron chi connectivity index (χ1n) is 1.42. The molecule has 0 aromatic carbocycles. The minimum absolute atomic E-state index is 1.59. The maximum atomic E-state index is 5.61. The van der Waals surface area contributed by atoms with Crippen molar-refractivity contribution >= 4 is 18.8 Å². The summed E-state index contributed by atoms with van der Waals surface area (Å²) >= 11 is -2.55. The zero-order valence-electron chi connectivity index (χ0n) is 3.64. The molecule has 0 saturated carbocycles. The molecule has 0 heterocycles. The average molecular weight is 320 g/mol. The number of hydrogen-bond donors (Lipinski definition) is 0. The van der Waals surface area contributed by atoms with Gasteiger partial charge in [0.25, 0.3) is 0 Å². The van der Waals surface area contributed by atoms with E-state index in [0.29, 0.717) is 0 Å². The zero-order chi connectivity index (χ0) is 5.91. The number of rotatable bonds is 2. The van der Waals surface area contributed by atoms with Crippen molar-refractivity contribution in [1.29, 1.82) is 0 Å². The Morgan fingerprint density at radius 2 is 1.43 bits per heavy atom. The van der Waals surface area contributed by atoms with Crippen LogP contribution in [0.5, 0.6) is 0 Å². The first-order chi connectivity index (χ1) is 3.12. The van der Waals surface area contributed by atoms with E-state index < -0.39 is 14.0 Å². The number of halogens is 2. The van der Waals surface area contributed by atoms with Crippen LogP contribution in [0, 0.1) is 0 Å². The third kappa shape index (κ3) is 3.34. The molecule has 0 N–H and O–H groups in total. The van der Waals surface area contributed by atoms with Crippen LogP contribution in [0.15, 0.2) is 22.1 Å². The van der Waals surface area contributed by atoms with Gasteiger partial charge in [-0.25, -0.2) is 0 Å². The topological polar surface area (TPSA) is 0 Å². The Kier molecular flexibility index (Phi) is 3.23. The molecule has 0 aliphatic heterocycles. The molecule has 0 aliphatic carbocycles. The van der Waals surface area contributed by atoms with E-state index in [1.807, 2.05) is 0 Å². The summed E-state index contributed by atoms with van der Waals surface area (Å²) in [5.41, 5.74) is 0. The zero-order valence-corrected chi connectivity index (χ0v) is 7.43. The molecule has 0 atom stereocenters. The molecular weight excluding hydrogens is 314 g/mol. The van der Waals surface area contributed by atoms with E-state index in [9.17, 15) is 0 Å². The van der Waals surface area contributed by atoms with Crippen molar-refractivity contribution in [3.63, 3.8) is 0 Å². The average Bonchev–Trinajstić information content (AvgIpc) is 1.68. The van der Waals surface area contributed by atoms with Crippen LogP contribution in [-0.4, -0.2) is 0 Å². The van der Waals surface area contributed by atoms with Crippen LogP contribution in [0.3, 0.4) is 0 Å². The van der Waals surface area contributed by atoms with Gasteiger partial charge in [0.05, 0.1) is 0 Å². The van der Waals surface area contributed by atoms with Crippen molar-refractivity contribution in [3.8, 4) is 0 Å². The van der Waals surface area contributed by atoms with E-state index in [1.54, 1.807) is 8.93 Å². The second-order valence-corrected chi connectivity index (χ2v) is 13.1. The van der Waals surface area contributed by atoms with Gasteiger partial charge in [0, 0.05) is 0 Å². The molecule has 0 radical (unpaired) electrons. The Morgan fingerprint density at radius 1 is 1.14 bits per heavy atom. The summed E-state index contributed by atoms with van der Waals surface area (Å²) in [5.74, 6) is 0. The SMILES string of the molecule is C=[CH][Pt]([Cl])([Cl])[CH]=C. The molecule has 0 rings (SSSR count). The van der Waals surface area contributed by atoms with Crippen molar-refractivity contribution in [2.45, 2.75) is 0 Å². The predicted octanol–water partition coefficient (Wildman–Crippen LogP) is 2.73. The van der Waals surface area contributed by atoms with Gasteiger partial charge in [-0.2, -0.15) is 0 Å². The summed E-state index contributed by atoms with van der Waals surface area (Å²) in [7, 11) is 11.2. The molecule has 3 heteroatoms. The van der Waals surface area contributed by atoms with E-state index in [2.05, 4.69) is 13.2 Å². The molecule has 0 bridgehead atoms. The fraction of sp³-hybridized carbons (Fsp3) is 0. The molecule has 0 nitrogen and oxygen atoms in total. The molecular formula is C4H6Cl2Pt. The Labute approximate surface area is 54.9 Å². The molecule has 0 saturated heterocycles. The first kappa shape index (κ1) is 7.75. The van der Waals surface area contributed by atoms with Crippen molar-refractivity contribution < 1.29 is 14.0 Å². The summed E-state index contributed by atoms with van der Waals surface area (Å²) in [6.45, 7) is 6.90. The van der Waals surface area contributed by atoms with E-state index in [4.69, 9.17) is 18.8 Å². The quantitative estimate of drug-likeness (QED) is 0.734. The third-order valence-electron chi connectivity index (χ3n) is 0.344. The van der Waals surface area contributed by atoms with Crippen LogP contribution >= 0.6 is 18.8 Å². The summed E-state index contributed by atoms with van der Waals surface area (Å²) < 4.78 is 3.17. The first-order valence-corrected chi connectivity index (χ1v) is 9.68. The Balaban J connectivity index is 3.82. The van der Waals surface area contributed by atoms with Gasteiger partial charge in [0.15, 0.2) is 0 Å². The van der Waals surface area contributed by atoms with Gasteiger partial charge in [-0.15, -0.1) is 0 Å².